The molecule has 0 N–H and O–H groups in total. The van der Waals surface area contributed by atoms with E-state index < -0.39 is 0 Å². The zero-order valence-corrected chi connectivity index (χ0v) is 18.0. The number of halogens is 1. The number of benzene rings is 1. The average Bonchev–Trinajstić information content (AvgIpc) is 2.92. The summed E-state index contributed by atoms with van der Waals surface area (Å²) in [7, 11) is 1.64. The number of nitrogens with zero attached hydrogens (tertiary/aromatic N) is 4. The van der Waals surface area contributed by atoms with Gasteiger partial charge in [0.25, 0.3) is 0 Å². The van der Waals surface area contributed by atoms with Crippen molar-refractivity contribution < 1.29 is 9.47 Å². The third kappa shape index (κ3) is 4.89. The molecule has 1 aliphatic heterocycles. The molecule has 6 nitrogen and oxygen atoms in total. The summed E-state index contributed by atoms with van der Waals surface area (Å²) >= 11 is 3.60. The van der Waals surface area contributed by atoms with Crippen molar-refractivity contribution in [3.8, 4) is 17.5 Å². The van der Waals surface area contributed by atoms with Crippen LogP contribution in [-0.4, -0.2) is 35.2 Å². The minimum absolute atomic E-state index is 0.290. The van der Waals surface area contributed by atoms with Crippen molar-refractivity contribution in [1.82, 2.24) is 15.0 Å². The lowest BCUT2D eigenvalue weighted by Gasteiger charge is -2.21. The van der Waals surface area contributed by atoms with E-state index in [1.807, 2.05) is 19.1 Å². The minimum atomic E-state index is 0.290. The lowest BCUT2D eigenvalue weighted by Crippen LogP contribution is -2.26. The van der Waals surface area contributed by atoms with Gasteiger partial charge in [-0.25, -0.2) is 0 Å². The van der Waals surface area contributed by atoms with Crippen LogP contribution in [0.5, 0.6) is 17.5 Å². The van der Waals surface area contributed by atoms with Crippen LogP contribution in [-0.2, 0) is 0 Å². The van der Waals surface area contributed by atoms with E-state index in [1.54, 1.807) is 7.11 Å². The predicted molar refractivity (Wildman–Crippen MR) is 110 cm³/mol. The van der Waals surface area contributed by atoms with Gasteiger partial charge in [0, 0.05) is 13.1 Å². The highest BCUT2D eigenvalue weighted by Gasteiger charge is 2.19. The molecule has 1 fully saturated rings. The van der Waals surface area contributed by atoms with E-state index in [0.29, 0.717) is 29.2 Å². The standard InChI is InChI=1S/C20H27BrN4O2/c1-13(2)15-11-16(21)18(17(12-15)26-4)27-20-23-14(3)22-19(24-20)25-9-7-5-6-8-10-25/h11-13H,5-10H2,1-4H3. The van der Waals surface area contributed by atoms with Gasteiger partial charge in [-0.2, -0.15) is 15.0 Å². The Labute approximate surface area is 169 Å². The number of hydrogen-bond acceptors (Lipinski definition) is 6. The molecule has 0 bridgehead atoms. The fourth-order valence-corrected chi connectivity index (χ4v) is 3.71. The first-order valence-electron chi connectivity index (χ1n) is 9.51. The van der Waals surface area contributed by atoms with Crippen LogP contribution >= 0.6 is 15.9 Å². The molecule has 0 aliphatic carbocycles. The summed E-state index contributed by atoms with van der Waals surface area (Å²) in [5.41, 5.74) is 1.17. The van der Waals surface area contributed by atoms with E-state index in [4.69, 9.17) is 9.47 Å². The molecule has 0 unspecified atom stereocenters. The Balaban J connectivity index is 1.91. The Kier molecular flexibility index (Phi) is 6.52. The second kappa shape index (κ2) is 8.87. The highest BCUT2D eigenvalue weighted by Crippen LogP contribution is 2.40. The third-order valence-electron chi connectivity index (χ3n) is 4.72. The van der Waals surface area contributed by atoms with Crippen LogP contribution < -0.4 is 14.4 Å². The Morgan fingerprint density at radius 1 is 1.04 bits per heavy atom. The van der Waals surface area contributed by atoms with Crippen LogP contribution in [0.4, 0.5) is 5.95 Å². The summed E-state index contributed by atoms with van der Waals surface area (Å²) in [5, 5.41) is 0. The largest absolute Gasteiger partial charge is 0.493 e. The monoisotopic (exact) mass is 434 g/mol. The first kappa shape index (κ1) is 19.9. The van der Waals surface area contributed by atoms with Crippen molar-refractivity contribution >= 4 is 21.9 Å². The molecule has 1 aromatic heterocycles. The van der Waals surface area contributed by atoms with Crippen LogP contribution in [0.25, 0.3) is 0 Å². The van der Waals surface area contributed by atoms with E-state index in [1.165, 1.54) is 18.4 Å². The summed E-state index contributed by atoms with van der Waals surface area (Å²) in [6.07, 6.45) is 4.85. The smallest absolute Gasteiger partial charge is 0.327 e. The van der Waals surface area contributed by atoms with Crippen LogP contribution in [0.2, 0.25) is 0 Å². The zero-order chi connectivity index (χ0) is 19.4. The highest BCUT2D eigenvalue weighted by molar-refractivity contribution is 9.10. The molecule has 0 spiro atoms. The number of methoxy groups -OCH3 is 1. The second-order valence-corrected chi connectivity index (χ2v) is 8.01. The molecular weight excluding hydrogens is 408 g/mol. The molecule has 1 aromatic carbocycles. The fourth-order valence-electron chi connectivity index (χ4n) is 3.16. The molecule has 2 aromatic rings. The van der Waals surface area contributed by atoms with E-state index in [-0.39, 0.29) is 6.01 Å². The van der Waals surface area contributed by atoms with Crippen LogP contribution in [0.1, 0.15) is 56.8 Å². The maximum absolute atomic E-state index is 6.05. The molecule has 0 atom stereocenters. The Morgan fingerprint density at radius 2 is 1.74 bits per heavy atom. The number of anilines is 1. The van der Waals surface area contributed by atoms with Gasteiger partial charge in [-0.05, 0) is 59.3 Å². The Bertz CT molecular complexity index is 790. The molecule has 146 valence electrons. The van der Waals surface area contributed by atoms with Crippen LogP contribution in [0.15, 0.2) is 16.6 Å². The summed E-state index contributed by atoms with van der Waals surface area (Å²) < 4.78 is 12.4. The quantitative estimate of drug-likeness (QED) is 0.640. The van der Waals surface area contributed by atoms with E-state index in [9.17, 15) is 0 Å². The first-order valence-corrected chi connectivity index (χ1v) is 10.3. The SMILES string of the molecule is COc1cc(C(C)C)cc(Br)c1Oc1nc(C)nc(N2CCCCCC2)n1. The number of hydrogen-bond donors (Lipinski definition) is 0. The summed E-state index contributed by atoms with van der Waals surface area (Å²) in [5.74, 6) is 2.96. The molecule has 1 aliphatic rings. The number of rotatable bonds is 5. The van der Waals surface area contributed by atoms with Gasteiger partial charge >= 0.3 is 6.01 Å². The van der Waals surface area contributed by atoms with Crippen LogP contribution in [0, 0.1) is 6.92 Å². The molecule has 1 saturated heterocycles. The summed E-state index contributed by atoms with van der Waals surface area (Å²) in [4.78, 5) is 15.7. The van der Waals surface area contributed by atoms with E-state index >= 15 is 0 Å². The Hall–Kier alpha value is -1.89. The molecule has 27 heavy (non-hydrogen) atoms. The lowest BCUT2D eigenvalue weighted by molar-refractivity contribution is 0.364. The van der Waals surface area contributed by atoms with E-state index in [2.05, 4.69) is 49.6 Å². The third-order valence-corrected chi connectivity index (χ3v) is 5.30. The van der Waals surface area contributed by atoms with Gasteiger partial charge in [-0.1, -0.05) is 26.7 Å². The van der Waals surface area contributed by atoms with Crippen molar-refractivity contribution in [2.45, 2.75) is 52.4 Å². The number of ether oxygens (including phenoxy) is 2. The molecule has 0 amide bonds. The van der Waals surface area contributed by atoms with Gasteiger partial charge in [-0.3, -0.25) is 0 Å². The van der Waals surface area contributed by atoms with Gasteiger partial charge in [0.2, 0.25) is 5.95 Å². The second-order valence-electron chi connectivity index (χ2n) is 7.16. The highest BCUT2D eigenvalue weighted by atomic mass is 79.9. The van der Waals surface area contributed by atoms with Crippen LogP contribution in [0.3, 0.4) is 0 Å². The van der Waals surface area contributed by atoms with Gasteiger partial charge < -0.3 is 14.4 Å². The maximum atomic E-state index is 6.05. The van der Waals surface area contributed by atoms with Crippen molar-refractivity contribution in [2.75, 3.05) is 25.1 Å². The molecule has 0 saturated carbocycles. The van der Waals surface area contributed by atoms with Crippen molar-refractivity contribution in [3.05, 3.63) is 28.0 Å². The van der Waals surface area contributed by atoms with Gasteiger partial charge in [0.15, 0.2) is 11.5 Å². The Morgan fingerprint density at radius 3 is 2.37 bits per heavy atom. The summed E-state index contributed by atoms with van der Waals surface area (Å²) in [6, 6.07) is 4.33. The van der Waals surface area contributed by atoms with Crippen molar-refractivity contribution in [1.29, 1.82) is 0 Å². The van der Waals surface area contributed by atoms with Gasteiger partial charge in [0.1, 0.15) is 5.82 Å². The maximum Gasteiger partial charge on any atom is 0.327 e. The number of aromatic nitrogens is 3. The van der Waals surface area contributed by atoms with Gasteiger partial charge in [-0.15, -0.1) is 0 Å². The van der Waals surface area contributed by atoms with E-state index in [0.717, 1.165) is 30.4 Å². The molecule has 3 rings (SSSR count). The topological polar surface area (TPSA) is 60.4 Å². The van der Waals surface area contributed by atoms with Crippen molar-refractivity contribution in [2.24, 2.45) is 0 Å². The minimum Gasteiger partial charge on any atom is -0.493 e. The molecule has 2 heterocycles. The fraction of sp³-hybridized carbons (Fsp3) is 0.550. The normalized spacial score (nSPS) is 15.0. The van der Waals surface area contributed by atoms with Crippen molar-refractivity contribution in [3.63, 3.8) is 0 Å². The average molecular weight is 435 g/mol. The summed E-state index contributed by atoms with van der Waals surface area (Å²) in [6.45, 7) is 8.09. The molecule has 0 radical (unpaired) electrons. The van der Waals surface area contributed by atoms with Gasteiger partial charge in [0.05, 0.1) is 11.6 Å². The predicted octanol–water partition coefficient (Wildman–Crippen LogP) is 5.25. The lowest BCUT2D eigenvalue weighted by atomic mass is 10.0. The first-order chi connectivity index (χ1) is 13.0. The molecule has 7 heteroatoms. The zero-order valence-electron chi connectivity index (χ0n) is 16.5. The number of aryl methyl sites for hydroxylation is 1. The molecular formula is C20H27BrN4O2.